The Hall–Kier alpha value is -2.90. The number of carbonyl (C=O) groups is 2. The zero-order valence-corrected chi connectivity index (χ0v) is 16.5. The average molecular weight is 396 g/mol. The van der Waals surface area contributed by atoms with Crippen molar-refractivity contribution in [2.45, 2.75) is 25.6 Å². The van der Waals surface area contributed by atoms with Crippen LogP contribution in [0.1, 0.15) is 24.1 Å². The summed E-state index contributed by atoms with van der Waals surface area (Å²) >= 11 is 0. The summed E-state index contributed by atoms with van der Waals surface area (Å²) in [5, 5.41) is 1.84. The summed E-state index contributed by atoms with van der Waals surface area (Å²) in [6.45, 7) is 2.89. The minimum atomic E-state index is -0.586. The molecule has 2 heterocycles. The van der Waals surface area contributed by atoms with E-state index < -0.39 is 12.0 Å². The van der Waals surface area contributed by atoms with E-state index in [4.69, 9.17) is 14.3 Å². The number of carbonyl (C=O) groups excluding carboxylic acids is 2. The summed E-state index contributed by atoms with van der Waals surface area (Å²) < 4.78 is 10.2. The smallest absolute Gasteiger partial charge is 0.416 e. The number of imide groups is 1. The Morgan fingerprint density at radius 3 is 2.48 bits per heavy atom. The zero-order valence-electron chi connectivity index (χ0n) is 16.5. The molecule has 152 valence electrons. The second-order valence-corrected chi connectivity index (χ2v) is 7.22. The second-order valence-electron chi connectivity index (χ2n) is 7.22. The van der Waals surface area contributed by atoms with Crippen molar-refractivity contribution in [3.63, 3.8) is 0 Å². The number of methoxy groups -OCH3 is 1. The molecule has 7 nitrogen and oxygen atoms in total. The van der Waals surface area contributed by atoms with Gasteiger partial charge in [0.1, 0.15) is 12.4 Å². The van der Waals surface area contributed by atoms with Crippen molar-refractivity contribution in [2.24, 2.45) is 5.92 Å². The average Bonchev–Trinajstić information content (AvgIpc) is 3.31. The first-order valence-electron chi connectivity index (χ1n) is 9.68. The lowest BCUT2D eigenvalue weighted by Gasteiger charge is -2.27. The Bertz CT molecular complexity index is 871. The van der Waals surface area contributed by atoms with Crippen molar-refractivity contribution in [1.29, 1.82) is 0 Å². The molecule has 0 radical (unpaired) electrons. The normalized spacial score (nSPS) is 24.6. The largest absolute Gasteiger partial charge is 0.497 e. The number of hydroxylamine groups is 2. The number of rotatable bonds is 5. The molecule has 2 aromatic rings. The molecule has 2 aromatic carbocycles. The molecule has 2 amide bonds. The number of benzene rings is 2. The van der Waals surface area contributed by atoms with Gasteiger partial charge in [-0.1, -0.05) is 42.5 Å². The van der Waals surface area contributed by atoms with Gasteiger partial charge >= 0.3 is 6.09 Å². The first-order chi connectivity index (χ1) is 14.1. The summed E-state index contributed by atoms with van der Waals surface area (Å²) in [7, 11) is 1.61. The van der Waals surface area contributed by atoms with Gasteiger partial charge in [-0.2, -0.15) is 5.06 Å². The molecule has 7 heteroatoms. The third-order valence-corrected chi connectivity index (χ3v) is 5.41. The lowest BCUT2D eigenvalue weighted by atomic mass is 9.88. The molecule has 0 bridgehead atoms. The third-order valence-electron chi connectivity index (χ3n) is 5.41. The van der Waals surface area contributed by atoms with E-state index >= 15 is 0 Å². The second kappa shape index (κ2) is 8.23. The van der Waals surface area contributed by atoms with E-state index in [1.165, 1.54) is 4.90 Å². The Balaban J connectivity index is 1.67. The predicted octanol–water partition coefficient (Wildman–Crippen LogP) is 3.17. The summed E-state index contributed by atoms with van der Waals surface area (Å²) in [5.74, 6) is -0.0598. The highest BCUT2D eigenvalue weighted by Crippen LogP contribution is 2.42. The summed E-state index contributed by atoms with van der Waals surface area (Å²) in [6.07, 6.45) is -0.969. The van der Waals surface area contributed by atoms with Gasteiger partial charge < -0.3 is 9.47 Å². The van der Waals surface area contributed by atoms with Crippen molar-refractivity contribution in [3.05, 3.63) is 65.7 Å². The van der Waals surface area contributed by atoms with Crippen molar-refractivity contribution in [2.75, 3.05) is 20.3 Å². The molecule has 0 saturated carbocycles. The summed E-state index contributed by atoms with van der Waals surface area (Å²) in [6, 6.07) is 17.2. The van der Waals surface area contributed by atoms with E-state index in [2.05, 4.69) is 0 Å². The molecule has 2 fully saturated rings. The zero-order chi connectivity index (χ0) is 20.4. The van der Waals surface area contributed by atoms with Crippen LogP contribution in [0.5, 0.6) is 5.75 Å². The fourth-order valence-electron chi connectivity index (χ4n) is 3.96. The van der Waals surface area contributed by atoms with Gasteiger partial charge in [-0.25, -0.2) is 9.69 Å². The minimum Gasteiger partial charge on any atom is -0.497 e. The van der Waals surface area contributed by atoms with E-state index in [9.17, 15) is 9.59 Å². The van der Waals surface area contributed by atoms with Crippen LogP contribution in [0.25, 0.3) is 0 Å². The number of ether oxygens (including phenoxy) is 2. The van der Waals surface area contributed by atoms with Gasteiger partial charge in [0.2, 0.25) is 5.91 Å². The van der Waals surface area contributed by atoms with Crippen LogP contribution < -0.4 is 4.74 Å². The standard InChI is InChI=1S/C22H24N2O5/c1-15-19(21(25)23-12-13-28-22(23)26)20(17-8-10-18(27-2)11-9-17)24(29-15)14-16-6-4-3-5-7-16/h3-11,15,19-20H,12-14H2,1-2H3/t15-,19-,20+/m0/s1. The Labute approximate surface area is 169 Å². The molecule has 0 aromatic heterocycles. The fourth-order valence-corrected chi connectivity index (χ4v) is 3.96. The lowest BCUT2D eigenvalue weighted by Crippen LogP contribution is -2.41. The fraction of sp³-hybridized carbons (Fsp3) is 0.364. The minimum absolute atomic E-state index is 0.230. The lowest BCUT2D eigenvalue weighted by molar-refractivity contribution is -0.166. The number of hydrogen-bond acceptors (Lipinski definition) is 6. The van der Waals surface area contributed by atoms with Gasteiger partial charge in [0, 0.05) is 6.54 Å². The molecule has 0 N–H and O–H groups in total. The summed E-state index contributed by atoms with van der Waals surface area (Å²) in [5.41, 5.74) is 2.00. The molecule has 3 atom stereocenters. The number of amides is 2. The van der Waals surface area contributed by atoms with Crippen LogP contribution in [-0.4, -0.2) is 48.3 Å². The van der Waals surface area contributed by atoms with Crippen LogP contribution in [-0.2, 0) is 20.9 Å². The molecule has 0 spiro atoms. The van der Waals surface area contributed by atoms with E-state index in [0.29, 0.717) is 6.54 Å². The van der Waals surface area contributed by atoms with Crippen LogP contribution in [0, 0.1) is 5.92 Å². The van der Waals surface area contributed by atoms with Crippen molar-refractivity contribution in [1.82, 2.24) is 9.96 Å². The highest BCUT2D eigenvalue weighted by molar-refractivity contribution is 5.95. The molecular weight excluding hydrogens is 372 g/mol. The highest BCUT2D eigenvalue weighted by atomic mass is 16.7. The first kappa shape index (κ1) is 19.4. The van der Waals surface area contributed by atoms with Gasteiger partial charge in [-0.05, 0) is 30.2 Å². The van der Waals surface area contributed by atoms with Gasteiger partial charge in [0.05, 0.1) is 31.7 Å². The van der Waals surface area contributed by atoms with Crippen LogP contribution in [0.15, 0.2) is 54.6 Å². The topological polar surface area (TPSA) is 68.3 Å². The van der Waals surface area contributed by atoms with E-state index in [1.54, 1.807) is 7.11 Å². The summed E-state index contributed by atoms with van der Waals surface area (Å²) in [4.78, 5) is 32.6. The Morgan fingerprint density at radius 1 is 1.14 bits per heavy atom. The molecule has 2 aliphatic heterocycles. The predicted molar refractivity (Wildman–Crippen MR) is 105 cm³/mol. The highest BCUT2D eigenvalue weighted by Gasteiger charge is 2.49. The molecule has 4 rings (SSSR count). The first-order valence-corrected chi connectivity index (χ1v) is 9.68. The monoisotopic (exact) mass is 396 g/mol. The van der Waals surface area contributed by atoms with Crippen molar-refractivity contribution < 1.29 is 23.9 Å². The van der Waals surface area contributed by atoms with Gasteiger partial charge in [0.15, 0.2) is 0 Å². The SMILES string of the molecule is COc1ccc([C@@H]2[C@@H](C(=O)N3CCOC3=O)[C@H](C)ON2Cc2ccccc2)cc1. The third kappa shape index (κ3) is 3.83. The molecule has 2 aliphatic rings. The van der Waals surface area contributed by atoms with Gasteiger partial charge in [-0.3, -0.25) is 9.63 Å². The van der Waals surface area contributed by atoms with E-state index in [0.717, 1.165) is 16.9 Å². The maximum Gasteiger partial charge on any atom is 0.416 e. The van der Waals surface area contributed by atoms with Crippen LogP contribution in [0.4, 0.5) is 4.79 Å². The maximum absolute atomic E-state index is 13.3. The van der Waals surface area contributed by atoms with E-state index in [-0.39, 0.29) is 31.2 Å². The Morgan fingerprint density at radius 2 is 1.86 bits per heavy atom. The maximum atomic E-state index is 13.3. The van der Waals surface area contributed by atoms with Gasteiger partial charge in [-0.15, -0.1) is 0 Å². The number of hydrogen-bond donors (Lipinski definition) is 0. The molecule has 29 heavy (non-hydrogen) atoms. The molecule has 2 saturated heterocycles. The van der Waals surface area contributed by atoms with Crippen LogP contribution in [0.2, 0.25) is 0 Å². The number of nitrogens with zero attached hydrogens (tertiary/aromatic N) is 2. The van der Waals surface area contributed by atoms with Gasteiger partial charge in [0.25, 0.3) is 0 Å². The van der Waals surface area contributed by atoms with Crippen LogP contribution >= 0.6 is 0 Å². The quantitative estimate of drug-likeness (QED) is 0.773. The van der Waals surface area contributed by atoms with Crippen molar-refractivity contribution >= 4 is 12.0 Å². The van der Waals surface area contributed by atoms with Crippen molar-refractivity contribution in [3.8, 4) is 5.75 Å². The molecular formula is C22H24N2O5. The Kier molecular flexibility index (Phi) is 5.51. The number of cyclic esters (lactones) is 1. The molecule has 0 unspecified atom stereocenters. The molecule has 0 aliphatic carbocycles. The van der Waals surface area contributed by atoms with Crippen LogP contribution in [0.3, 0.4) is 0 Å². The van der Waals surface area contributed by atoms with E-state index in [1.807, 2.05) is 66.6 Å².